The maximum absolute atomic E-state index is 12.3. The number of carbonyl (C=O) groups excluding carboxylic acids is 2. The van der Waals surface area contributed by atoms with E-state index in [9.17, 15) is 14.4 Å². The van der Waals surface area contributed by atoms with E-state index in [0.717, 1.165) is 12.0 Å². The zero-order valence-corrected chi connectivity index (χ0v) is 15.1. The van der Waals surface area contributed by atoms with E-state index in [1.807, 2.05) is 26.0 Å². The molecule has 0 saturated carbocycles. The van der Waals surface area contributed by atoms with Gasteiger partial charge in [0.05, 0.1) is 5.56 Å². The molecule has 3 rings (SSSR count). The van der Waals surface area contributed by atoms with E-state index in [2.05, 4.69) is 5.32 Å². The van der Waals surface area contributed by atoms with E-state index >= 15 is 0 Å². The predicted molar refractivity (Wildman–Crippen MR) is 101 cm³/mol. The van der Waals surface area contributed by atoms with Gasteiger partial charge in [-0.25, -0.2) is 9.59 Å². The van der Waals surface area contributed by atoms with Crippen molar-refractivity contribution in [2.45, 2.75) is 20.3 Å². The minimum absolute atomic E-state index is 0.0550. The van der Waals surface area contributed by atoms with Gasteiger partial charge < -0.3 is 14.5 Å². The molecule has 0 saturated heterocycles. The zero-order valence-electron chi connectivity index (χ0n) is 15.1. The van der Waals surface area contributed by atoms with Crippen LogP contribution in [0.15, 0.2) is 57.7 Å². The molecular weight excluding hydrogens is 346 g/mol. The molecule has 0 atom stereocenters. The number of fused-ring (bicyclic) bond motifs is 1. The summed E-state index contributed by atoms with van der Waals surface area (Å²) in [6.45, 7) is 4.22. The number of carbonyl (C=O) groups is 2. The summed E-state index contributed by atoms with van der Waals surface area (Å²) in [6, 6.07) is 13.3. The number of amides is 1. The highest BCUT2D eigenvalue weighted by atomic mass is 16.5. The second kappa shape index (κ2) is 7.86. The Hall–Kier alpha value is -3.41. The van der Waals surface area contributed by atoms with E-state index in [0.29, 0.717) is 17.5 Å². The molecule has 1 aromatic heterocycles. The number of hydrogen-bond acceptors (Lipinski definition) is 5. The molecule has 27 heavy (non-hydrogen) atoms. The molecule has 3 aromatic rings. The van der Waals surface area contributed by atoms with Gasteiger partial charge in [-0.2, -0.15) is 0 Å². The highest BCUT2D eigenvalue weighted by Crippen LogP contribution is 2.22. The first-order valence-corrected chi connectivity index (χ1v) is 8.63. The van der Waals surface area contributed by atoms with Crippen molar-refractivity contribution >= 4 is 22.8 Å². The first-order chi connectivity index (χ1) is 13.0. The molecule has 0 radical (unpaired) electrons. The third kappa shape index (κ3) is 4.06. The number of ether oxygens (including phenoxy) is 1. The van der Waals surface area contributed by atoms with E-state index in [1.165, 1.54) is 12.1 Å². The SMILES string of the molecule is CCCNC(=O)c1cc2ccc(OC(=O)c3ccccc3C)cc2oc1=O. The third-order valence-corrected chi connectivity index (χ3v) is 4.06. The van der Waals surface area contributed by atoms with Gasteiger partial charge >= 0.3 is 11.6 Å². The lowest BCUT2D eigenvalue weighted by molar-refractivity contribution is 0.0734. The molecule has 0 unspecified atom stereocenters. The molecule has 0 aliphatic rings. The van der Waals surface area contributed by atoms with E-state index in [-0.39, 0.29) is 16.9 Å². The number of benzene rings is 2. The summed E-state index contributed by atoms with van der Waals surface area (Å²) in [5.41, 5.74) is 0.709. The minimum Gasteiger partial charge on any atom is -0.423 e. The number of aryl methyl sites for hydroxylation is 1. The minimum atomic E-state index is -0.738. The Morgan fingerprint density at radius 1 is 1.07 bits per heavy atom. The van der Waals surface area contributed by atoms with Crippen LogP contribution in [0.3, 0.4) is 0 Å². The first kappa shape index (κ1) is 18.4. The average Bonchev–Trinajstić information content (AvgIpc) is 2.65. The van der Waals surface area contributed by atoms with Crippen LogP contribution in [-0.4, -0.2) is 18.4 Å². The molecule has 138 valence electrons. The van der Waals surface area contributed by atoms with Crippen LogP contribution >= 0.6 is 0 Å². The fourth-order valence-electron chi connectivity index (χ4n) is 2.61. The van der Waals surface area contributed by atoms with Crippen molar-refractivity contribution in [1.82, 2.24) is 5.32 Å². The van der Waals surface area contributed by atoms with Crippen LogP contribution in [0.4, 0.5) is 0 Å². The lowest BCUT2D eigenvalue weighted by atomic mass is 10.1. The summed E-state index contributed by atoms with van der Waals surface area (Å²) in [5.74, 6) is -0.713. The number of nitrogens with one attached hydrogen (secondary N) is 1. The van der Waals surface area contributed by atoms with Crippen LogP contribution in [0.1, 0.15) is 39.6 Å². The summed E-state index contributed by atoms with van der Waals surface area (Å²) in [5, 5.41) is 3.21. The number of rotatable bonds is 5. The Kier molecular flexibility index (Phi) is 5.35. The quantitative estimate of drug-likeness (QED) is 0.425. The third-order valence-electron chi connectivity index (χ3n) is 4.06. The molecule has 1 heterocycles. The molecule has 0 spiro atoms. The van der Waals surface area contributed by atoms with Gasteiger partial charge in [0, 0.05) is 18.0 Å². The Bertz CT molecular complexity index is 1070. The molecule has 0 fully saturated rings. The maximum Gasteiger partial charge on any atom is 0.349 e. The van der Waals surface area contributed by atoms with Crippen LogP contribution in [0.5, 0.6) is 5.75 Å². The van der Waals surface area contributed by atoms with Gasteiger partial charge in [0.25, 0.3) is 5.91 Å². The maximum atomic E-state index is 12.3. The van der Waals surface area contributed by atoms with Gasteiger partial charge in [-0.3, -0.25) is 4.79 Å². The largest absolute Gasteiger partial charge is 0.423 e. The van der Waals surface area contributed by atoms with Gasteiger partial charge in [-0.1, -0.05) is 25.1 Å². The Balaban J connectivity index is 1.88. The predicted octanol–water partition coefficient (Wildman–Crippen LogP) is 3.46. The Labute approximate surface area is 155 Å². The zero-order chi connectivity index (χ0) is 19.4. The summed E-state index contributed by atoms with van der Waals surface area (Å²) in [7, 11) is 0. The molecule has 6 heteroatoms. The van der Waals surface area contributed by atoms with Gasteiger partial charge in [0.1, 0.15) is 16.9 Å². The lowest BCUT2D eigenvalue weighted by Gasteiger charge is -2.08. The van der Waals surface area contributed by atoms with Gasteiger partial charge in [0.15, 0.2) is 0 Å². The molecule has 0 aliphatic carbocycles. The van der Waals surface area contributed by atoms with Crippen LogP contribution < -0.4 is 15.7 Å². The molecule has 1 N–H and O–H groups in total. The van der Waals surface area contributed by atoms with Crippen LogP contribution in [0.2, 0.25) is 0 Å². The smallest absolute Gasteiger partial charge is 0.349 e. The summed E-state index contributed by atoms with van der Waals surface area (Å²) in [6.07, 6.45) is 0.764. The second-order valence-corrected chi connectivity index (χ2v) is 6.11. The molecule has 0 aliphatic heterocycles. The van der Waals surface area contributed by atoms with Crippen LogP contribution in [0, 0.1) is 6.92 Å². The van der Waals surface area contributed by atoms with E-state index in [4.69, 9.17) is 9.15 Å². The standard InChI is InChI=1S/C21H19NO5/c1-3-10-22-19(23)17-11-14-8-9-15(12-18(14)27-21(17)25)26-20(24)16-7-5-4-6-13(16)2/h4-9,11-12H,3,10H2,1-2H3,(H,22,23). The number of hydrogen-bond donors (Lipinski definition) is 1. The van der Waals surface area contributed by atoms with Crippen molar-refractivity contribution in [3.05, 3.63) is 75.6 Å². The molecule has 6 nitrogen and oxygen atoms in total. The van der Waals surface area contributed by atoms with Crippen molar-refractivity contribution in [3.63, 3.8) is 0 Å². The topological polar surface area (TPSA) is 85.6 Å². The van der Waals surface area contributed by atoms with Crippen molar-refractivity contribution in [3.8, 4) is 5.75 Å². The van der Waals surface area contributed by atoms with Crippen molar-refractivity contribution in [2.24, 2.45) is 0 Å². The highest BCUT2D eigenvalue weighted by Gasteiger charge is 2.15. The second-order valence-electron chi connectivity index (χ2n) is 6.11. The Morgan fingerprint density at radius 3 is 2.59 bits per heavy atom. The molecular formula is C21H19NO5. The van der Waals surface area contributed by atoms with Crippen molar-refractivity contribution < 1.29 is 18.7 Å². The summed E-state index contributed by atoms with van der Waals surface area (Å²) < 4.78 is 10.6. The number of esters is 1. The lowest BCUT2D eigenvalue weighted by Crippen LogP contribution is -2.28. The van der Waals surface area contributed by atoms with Gasteiger partial charge in [0.2, 0.25) is 0 Å². The van der Waals surface area contributed by atoms with Crippen molar-refractivity contribution in [2.75, 3.05) is 6.54 Å². The average molecular weight is 365 g/mol. The van der Waals surface area contributed by atoms with E-state index in [1.54, 1.807) is 24.3 Å². The molecule has 1 amide bonds. The summed E-state index contributed by atoms with van der Waals surface area (Å²) in [4.78, 5) is 36.4. The van der Waals surface area contributed by atoms with Gasteiger partial charge in [-0.05, 0) is 43.2 Å². The fraction of sp³-hybridized carbons (Fsp3) is 0.190. The van der Waals surface area contributed by atoms with Gasteiger partial charge in [-0.15, -0.1) is 0 Å². The normalized spacial score (nSPS) is 10.6. The molecule has 2 aromatic carbocycles. The molecule has 0 bridgehead atoms. The van der Waals surface area contributed by atoms with Crippen LogP contribution in [-0.2, 0) is 0 Å². The fourth-order valence-corrected chi connectivity index (χ4v) is 2.61. The van der Waals surface area contributed by atoms with Crippen LogP contribution in [0.25, 0.3) is 11.0 Å². The highest BCUT2D eigenvalue weighted by molar-refractivity contribution is 5.97. The van der Waals surface area contributed by atoms with Crippen molar-refractivity contribution in [1.29, 1.82) is 0 Å². The monoisotopic (exact) mass is 365 g/mol. The van der Waals surface area contributed by atoms with E-state index < -0.39 is 17.5 Å². The summed E-state index contributed by atoms with van der Waals surface area (Å²) >= 11 is 0. The first-order valence-electron chi connectivity index (χ1n) is 8.63. The Morgan fingerprint density at radius 2 is 1.85 bits per heavy atom.